The van der Waals surface area contributed by atoms with Gasteiger partial charge >= 0.3 is 0 Å². The number of ether oxygens (including phenoxy) is 2. The highest BCUT2D eigenvalue weighted by Crippen LogP contribution is 2.29. The fourth-order valence-corrected chi connectivity index (χ4v) is 3.09. The Labute approximate surface area is 169 Å². The molecule has 1 aromatic heterocycles. The lowest BCUT2D eigenvalue weighted by Crippen LogP contribution is -2.31. The minimum absolute atomic E-state index is 0.0725. The Morgan fingerprint density at radius 1 is 1.10 bits per heavy atom. The molecule has 0 fully saturated rings. The number of hydrogen-bond donors (Lipinski definition) is 1. The number of amides is 1. The molecule has 6 heteroatoms. The lowest BCUT2D eigenvalue weighted by atomic mass is 9.84. The molecule has 0 aliphatic carbocycles. The van der Waals surface area contributed by atoms with Crippen molar-refractivity contribution in [2.45, 2.75) is 26.7 Å². The zero-order valence-corrected chi connectivity index (χ0v) is 16.9. The average Bonchev–Trinajstić information content (AvgIpc) is 2.73. The SMILES string of the molecule is COc1ccc2c(CCC(C)(C)C(=O)Nc3ccc(OCF)cc3)ccnc2c1. The van der Waals surface area contributed by atoms with E-state index >= 15 is 0 Å². The second kappa shape index (κ2) is 8.90. The Bertz CT molecular complexity index is 987. The van der Waals surface area contributed by atoms with E-state index in [4.69, 9.17) is 9.47 Å². The Morgan fingerprint density at radius 2 is 1.83 bits per heavy atom. The number of methoxy groups -OCH3 is 1. The third-order valence-corrected chi connectivity index (χ3v) is 5.01. The maximum Gasteiger partial charge on any atom is 0.230 e. The molecule has 1 N–H and O–H groups in total. The first-order valence-corrected chi connectivity index (χ1v) is 9.45. The monoisotopic (exact) mass is 396 g/mol. The first-order valence-electron chi connectivity index (χ1n) is 9.45. The van der Waals surface area contributed by atoms with E-state index in [-0.39, 0.29) is 5.91 Å². The van der Waals surface area contributed by atoms with Crippen LogP contribution in [0.5, 0.6) is 11.5 Å². The van der Waals surface area contributed by atoms with Gasteiger partial charge in [0.15, 0.2) is 0 Å². The number of benzene rings is 2. The molecule has 2 aromatic carbocycles. The number of nitrogens with zero attached hydrogens (tertiary/aromatic N) is 1. The molecule has 0 aliphatic rings. The van der Waals surface area contributed by atoms with Crippen LogP contribution in [0, 0.1) is 5.41 Å². The Morgan fingerprint density at radius 3 is 2.52 bits per heavy atom. The van der Waals surface area contributed by atoms with Crippen molar-refractivity contribution in [2.24, 2.45) is 5.41 Å². The number of pyridine rings is 1. The number of carbonyl (C=O) groups is 1. The Hall–Kier alpha value is -3.15. The number of aromatic nitrogens is 1. The van der Waals surface area contributed by atoms with Crippen LogP contribution in [0.25, 0.3) is 10.9 Å². The summed E-state index contributed by atoms with van der Waals surface area (Å²) in [6.45, 7) is 2.97. The summed E-state index contributed by atoms with van der Waals surface area (Å²) < 4.78 is 22.2. The number of hydrogen-bond acceptors (Lipinski definition) is 4. The van der Waals surface area contributed by atoms with Crippen molar-refractivity contribution in [3.63, 3.8) is 0 Å². The van der Waals surface area contributed by atoms with Crippen molar-refractivity contribution in [2.75, 3.05) is 19.3 Å². The van der Waals surface area contributed by atoms with E-state index in [2.05, 4.69) is 10.3 Å². The second-order valence-corrected chi connectivity index (χ2v) is 7.47. The van der Waals surface area contributed by atoms with Gasteiger partial charge in [0.25, 0.3) is 0 Å². The molecule has 0 radical (unpaired) electrons. The largest absolute Gasteiger partial charge is 0.497 e. The Kier molecular flexibility index (Phi) is 6.32. The third kappa shape index (κ3) is 5.02. The molecule has 0 unspecified atom stereocenters. The first-order chi connectivity index (χ1) is 13.9. The number of aryl methyl sites for hydroxylation is 1. The van der Waals surface area contributed by atoms with E-state index in [1.807, 2.05) is 38.1 Å². The van der Waals surface area contributed by atoms with Crippen LogP contribution in [-0.2, 0) is 11.2 Å². The van der Waals surface area contributed by atoms with Gasteiger partial charge in [-0.3, -0.25) is 9.78 Å². The molecular weight excluding hydrogens is 371 g/mol. The number of fused-ring (bicyclic) bond motifs is 1. The smallest absolute Gasteiger partial charge is 0.230 e. The summed E-state index contributed by atoms with van der Waals surface area (Å²) >= 11 is 0. The predicted octanol–water partition coefficient (Wildman–Crippen LogP) is 5.15. The zero-order chi connectivity index (χ0) is 20.9. The molecule has 3 aromatic rings. The molecular formula is C23H25FN2O3. The predicted molar refractivity (Wildman–Crippen MR) is 112 cm³/mol. The first kappa shape index (κ1) is 20.6. The standard InChI is InChI=1S/C23H25FN2O3/c1-23(2,22(27)26-17-4-6-18(7-5-17)29-15-24)12-10-16-11-13-25-21-14-19(28-3)8-9-20(16)21/h4-9,11,13-14H,10,12,15H2,1-3H3,(H,26,27). The van der Waals surface area contributed by atoms with Gasteiger partial charge in [-0.25, -0.2) is 4.39 Å². The van der Waals surface area contributed by atoms with Crippen molar-refractivity contribution in [1.82, 2.24) is 4.98 Å². The summed E-state index contributed by atoms with van der Waals surface area (Å²) in [6, 6.07) is 14.5. The van der Waals surface area contributed by atoms with Crippen LogP contribution < -0.4 is 14.8 Å². The van der Waals surface area contributed by atoms with E-state index in [0.717, 1.165) is 28.6 Å². The highest BCUT2D eigenvalue weighted by Gasteiger charge is 2.27. The number of alkyl halides is 1. The summed E-state index contributed by atoms with van der Waals surface area (Å²) in [4.78, 5) is 17.2. The van der Waals surface area contributed by atoms with E-state index in [0.29, 0.717) is 17.9 Å². The van der Waals surface area contributed by atoms with Gasteiger partial charge in [0.05, 0.1) is 12.6 Å². The van der Waals surface area contributed by atoms with Crippen molar-refractivity contribution < 1.29 is 18.7 Å². The van der Waals surface area contributed by atoms with Crippen LogP contribution in [-0.4, -0.2) is 24.9 Å². The van der Waals surface area contributed by atoms with Crippen molar-refractivity contribution in [1.29, 1.82) is 0 Å². The molecule has 0 saturated carbocycles. The van der Waals surface area contributed by atoms with Crippen LogP contribution in [0.3, 0.4) is 0 Å². The highest BCUT2D eigenvalue weighted by atomic mass is 19.1. The lowest BCUT2D eigenvalue weighted by molar-refractivity contribution is -0.124. The maximum atomic E-state index is 12.8. The van der Waals surface area contributed by atoms with Crippen LogP contribution in [0.15, 0.2) is 54.7 Å². The molecule has 29 heavy (non-hydrogen) atoms. The maximum absolute atomic E-state index is 12.8. The normalized spacial score (nSPS) is 11.3. The van der Waals surface area contributed by atoms with Crippen LogP contribution in [0.2, 0.25) is 0 Å². The molecule has 0 spiro atoms. The molecule has 0 bridgehead atoms. The van der Waals surface area contributed by atoms with E-state index in [1.165, 1.54) is 0 Å². The fourth-order valence-electron chi connectivity index (χ4n) is 3.09. The molecule has 152 valence electrons. The van der Waals surface area contributed by atoms with Gasteiger partial charge in [0.1, 0.15) is 11.5 Å². The van der Waals surface area contributed by atoms with Crippen LogP contribution >= 0.6 is 0 Å². The topological polar surface area (TPSA) is 60.5 Å². The minimum atomic E-state index is -0.880. The van der Waals surface area contributed by atoms with Crippen molar-refractivity contribution in [3.8, 4) is 11.5 Å². The highest BCUT2D eigenvalue weighted by molar-refractivity contribution is 5.95. The summed E-state index contributed by atoms with van der Waals surface area (Å²) in [5.74, 6) is 1.12. The molecule has 0 atom stereocenters. The van der Waals surface area contributed by atoms with Gasteiger partial charge in [-0.05, 0) is 60.9 Å². The minimum Gasteiger partial charge on any atom is -0.497 e. The van der Waals surface area contributed by atoms with E-state index in [9.17, 15) is 9.18 Å². The van der Waals surface area contributed by atoms with Crippen LogP contribution in [0.4, 0.5) is 10.1 Å². The average molecular weight is 396 g/mol. The summed E-state index contributed by atoms with van der Waals surface area (Å²) in [7, 11) is 1.63. The van der Waals surface area contributed by atoms with Crippen molar-refractivity contribution in [3.05, 3.63) is 60.3 Å². The van der Waals surface area contributed by atoms with Crippen LogP contribution in [0.1, 0.15) is 25.8 Å². The quantitative estimate of drug-likeness (QED) is 0.572. The van der Waals surface area contributed by atoms with Gasteiger partial charge in [-0.15, -0.1) is 0 Å². The summed E-state index contributed by atoms with van der Waals surface area (Å²) in [6.07, 6.45) is 3.20. The summed E-state index contributed by atoms with van der Waals surface area (Å²) in [5, 5.41) is 3.99. The zero-order valence-electron chi connectivity index (χ0n) is 16.9. The number of rotatable bonds is 8. The number of carbonyl (C=O) groups excluding carboxylic acids is 1. The molecule has 0 saturated heterocycles. The lowest BCUT2D eigenvalue weighted by Gasteiger charge is -2.24. The van der Waals surface area contributed by atoms with Gasteiger partial charge < -0.3 is 14.8 Å². The molecule has 1 heterocycles. The number of anilines is 1. The van der Waals surface area contributed by atoms with Crippen molar-refractivity contribution >= 4 is 22.5 Å². The summed E-state index contributed by atoms with van der Waals surface area (Å²) in [5.41, 5.74) is 2.09. The number of halogens is 1. The van der Waals surface area contributed by atoms with E-state index < -0.39 is 12.3 Å². The number of nitrogens with one attached hydrogen (secondary N) is 1. The molecule has 1 amide bonds. The van der Waals surface area contributed by atoms with Gasteiger partial charge in [-0.1, -0.05) is 13.8 Å². The second-order valence-electron chi connectivity index (χ2n) is 7.47. The third-order valence-electron chi connectivity index (χ3n) is 5.01. The molecule has 5 nitrogen and oxygen atoms in total. The fraction of sp³-hybridized carbons (Fsp3) is 0.304. The van der Waals surface area contributed by atoms with Gasteiger partial charge in [0.2, 0.25) is 12.8 Å². The Balaban J connectivity index is 1.67. The van der Waals surface area contributed by atoms with E-state index in [1.54, 1.807) is 37.6 Å². The molecule has 0 aliphatic heterocycles. The molecule has 3 rings (SSSR count). The van der Waals surface area contributed by atoms with Gasteiger partial charge in [-0.2, -0.15) is 0 Å². The van der Waals surface area contributed by atoms with Gasteiger partial charge in [0, 0.05) is 28.8 Å².